The number of allylic oxidation sites excluding steroid dienone is 3. The molecule has 0 aromatic carbocycles. The van der Waals surface area contributed by atoms with Crippen LogP contribution >= 0.6 is 0 Å². The molecule has 0 saturated heterocycles. The second-order valence-corrected chi connectivity index (χ2v) is 3.31. The standard InChI is InChI=1S/C11H19N/c1-6-7-9(2)10(3)8-11(4)12-5/h6-7,10-11H,1,5,8H2,2-4H3/b9-7+/t10-,11?/m0/s1. The molecule has 0 rings (SSSR count). The minimum absolute atomic E-state index is 0.355. The Morgan fingerprint density at radius 2 is 2.08 bits per heavy atom. The molecular weight excluding hydrogens is 146 g/mol. The zero-order chi connectivity index (χ0) is 9.56. The van der Waals surface area contributed by atoms with Gasteiger partial charge in [0.05, 0.1) is 0 Å². The Hall–Kier alpha value is -0.850. The van der Waals surface area contributed by atoms with Crippen molar-refractivity contribution in [2.45, 2.75) is 33.2 Å². The molecule has 0 saturated carbocycles. The second kappa shape index (κ2) is 5.76. The molecule has 2 atom stereocenters. The summed E-state index contributed by atoms with van der Waals surface area (Å²) in [6.45, 7) is 13.6. The molecule has 0 fully saturated rings. The van der Waals surface area contributed by atoms with E-state index in [0.29, 0.717) is 12.0 Å². The highest BCUT2D eigenvalue weighted by Gasteiger charge is 2.07. The Morgan fingerprint density at radius 1 is 1.50 bits per heavy atom. The first kappa shape index (κ1) is 11.2. The van der Waals surface area contributed by atoms with Crippen molar-refractivity contribution in [2.75, 3.05) is 0 Å². The molecule has 0 aromatic rings. The first-order valence-electron chi connectivity index (χ1n) is 4.36. The van der Waals surface area contributed by atoms with Gasteiger partial charge in [-0.2, -0.15) is 0 Å². The van der Waals surface area contributed by atoms with Crippen LogP contribution in [-0.4, -0.2) is 12.8 Å². The number of hydrogen-bond donors (Lipinski definition) is 0. The molecule has 1 unspecified atom stereocenters. The van der Waals surface area contributed by atoms with Crippen molar-refractivity contribution in [3.63, 3.8) is 0 Å². The summed E-state index contributed by atoms with van der Waals surface area (Å²) in [5, 5.41) is 0. The first-order valence-corrected chi connectivity index (χ1v) is 4.36. The molecule has 0 aliphatic rings. The molecule has 0 spiro atoms. The van der Waals surface area contributed by atoms with Crippen LogP contribution in [0.4, 0.5) is 0 Å². The second-order valence-electron chi connectivity index (χ2n) is 3.31. The highest BCUT2D eigenvalue weighted by Crippen LogP contribution is 2.17. The summed E-state index contributed by atoms with van der Waals surface area (Å²) in [6.07, 6.45) is 4.96. The smallest absolute Gasteiger partial charge is 0.0469 e. The van der Waals surface area contributed by atoms with Gasteiger partial charge < -0.3 is 0 Å². The van der Waals surface area contributed by atoms with Gasteiger partial charge in [-0.25, -0.2) is 0 Å². The molecule has 0 amide bonds. The summed E-state index contributed by atoms with van der Waals surface area (Å²) in [6, 6.07) is 0.355. The van der Waals surface area contributed by atoms with Gasteiger partial charge in [-0.3, -0.25) is 4.99 Å². The Kier molecular flexibility index (Phi) is 5.35. The number of nitrogens with zero attached hydrogens (tertiary/aromatic N) is 1. The van der Waals surface area contributed by atoms with Gasteiger partial charge in [-0.1, -0.05) is 31.2 Å². The van der Waals surface area contributed by atoms with E-state index in [0.717, 1.165) is 6.42 Å². The molecule has 12 heavy (non-hydrogen) atoms. The molecule has 1 nitrogen and oxygen atoms in total. The molecule has 0 aliphatic carbocycles. The predicted molar refractivity (Wildman–Crippen MR) is 56.7 cm³/mol. The molecule has 0 bridgehead atoms. The zero-order valence-electron chi connectivity index (χ0n) is 8.38. The van der Waals surface area contributed by atoms with Crippen LogP contribution in [0, 0.1) is 5.92 Å². The van der Waals surface area contributed by atoms with Crippen LogP contribution in [0.25, 0.3) is 0 Å². The largest absolute Gasteiger partial charge is 0.298 e. The monoisotopic (exact) mass is 165 g/mol. The van der Waals surface area contributed by atoms with E-state index in [4.69, 9.17) is 0 Å². The van der Waals surface area contributed by atoms with E-state index in [2.05, 4.69) is 45.1 Å². The lowest BCUT2D eigenvalue weighted by atomic mass is 9.95. The maximum atomic E-state index is 3.97. The molecule has 68 valence electrons. The number of rotatable bonds is 5. The van der Waals surface area contributed by atoms with Crippen molar-refractivity contribution in [2.24, 2.45) is 10.9 Å². The number of hydrogen-bond acceptors (Lipinski definition) is 1. The van der Waals surface area contributed by atoms with E-state index in [-0.39, 0.29) is 0 Å². The van der Waals surface area contributed by atoms with Crippen LogP contribution in [0.1, 0.15) is 27.2 Å². The molecule has 1 heteroatoms. The lowest BCUT2D eigenvalue weighted by Gasteiger charge is -2.14. The summed E-state index contributed by atoms with van der Waals surface area (Å²) in [5.41, 5.74) is 1.36. The quantitative estimate of drug-likeness (QED) is 0.438. The van der Waals surface area contributed by atoms with Gasteiger partial charge in [0, 0.05) is 6.04 Å². The molecule has 0 N–H and O–H groups in total. The summed E-state index contributed by atoms with van der Waals surface area (Å²) in [5.74, 6) is 0.573. The SMILES string of the molecule is C=C/C=C(\C)[C@@H](C)CC(C)N=C. The van der Waals surface area contributed by atoms with Crippen LogP contribution < -0.4 is 0 Å². The molecule has 0 radical (unpaired) electrons. The van der Waals surface area contributed by atoms with Crippen molar-refractivity contribution in [1.82, 2.24) is 0 Å². The normalized spacial score (nSPS) is 16.8. The fourth-order valence-electron chi connectivity index (χ4n) is 1.12. The van der Waals surface area contributed by atoms with Gasteiger partial charge in [-0.15, -0.1) is 0 Å². The van der Waals surface area contributed by atoms with Crippen molar-refractivity contribution in [3.05, 3.63) is 24.3 Å². The maximum Gasteiger partial charge on any atom is 0.0469 e. The molecule has 0 heterocycles. The van der Waals surface area contributed by atoms with Crippen LogP contribution in [0.2, 0.25) is 0 Å². The van der Waals surface area contributed by atoms with Gasteiger partial charge in [0.2, 0.25) is 0 Å². The van der Waals surface area contributed by atoms with E-state index in [1.807, 2.05) is 6.08 Å². The Bertz CT molecular complexity index is 179. The van der Waals surface area contributed by atoms with E-state index in [1.54, 1.807) is 0 Å². The highest BCUT2D eigenvalue weighted by molar-refractivity contribution is 5.24. The van der Waals surface area contributed by atoms with Crippen LogP contribution in [0.5, 0.6) is 0 Å². The predicted octanol–water partition coefficient (Wildman–Crippen LogP) is 3.23. The number of aliphatic imine (C=N–C) groups is 1. The van der Waals surface area contributed by atoms with Crippen molar-refractivity contribution in [1.29, 1.82) is 0 Å². The zero-order valence-corrected chi connectivity index (χ0v) is 8.38. The van der Waals surface area contributed by atoms with E-state index >= 15 is 0 Å². The van der Waals surface area contributed by atoms with Crippen LogP contribution in [0.15, 0.2) is 29.3 Å². The van der Waals surface area contributed by atoms with Gasteiger partial charge in [0.25, 0.3) is 0 Å². The Labute approximate surface area is 75.9 Å². The fraction of sp³-hybridized carbons (Fsp3) is 0.545. The third-order valence-corrected chi connectivity index (χ3v) is 2.16. The summed E-state index contributed by atoms with van der Waals surface area (Å²) in [7, 11) is 0. The van der Waals surface area contributed by atoms with Gasteiger partial charge in [-0.05, 0) is 32.9 Å². The lowest BCUT2D eigenvalue weighted by molar-refractivity contribution is 0.543. The maximum absolute atomic E-state index is 3.97. The Balaban J connectivity index is 4.02. The summed E-state index contributed by atoms with van der Waals surface area (Å²) >= 11 is 0. The highest BCUT2D eigenvalue weighted by atomic mass is 14.7. The average Bonchev–Trinajstić information content (AvgIpc) is 2.04. The fourth-order valence-corrected chi connectivity index (χ4v) is 1.12. The molecule has 0 aliphatic heterocycles. The first-order chi connectivity index (χ1) is 5.61. The van der Waals surface area contributed by atoms with Crippen LogP contribution in [-0.2, 0) is 0 Å². The molecular formula is C11H19N. The van der Waals surface area contributed by atoms with Gasteiger partial charge in [0.1, 0.15) is 0 Å². The third-order valence-electron chi connectivity index (χ3n) is 2.16. The lowest BCUT2D eigenvalue weighted by Crippen LogP contribution is -2.06. The Morgan fingerprint density at radius 3 is 2.50 bits per heavy atom. The summed E-state index contributed by atoms with van der Waals surface area (Å²) < 4.78 is 0. The van der Waals surface area contributed by atoms with E-state index < -0.39 is 0 Å². The summed E-state index contributed by atoms with van der Waals surface area (Å²) in [4.78, 5) is 3.97. The van der Waals surface area contributed by atoms with Gasteiger partial charge in [0.15, 0.2) is 0 Å². The van der Waals surface area contributed by atoms with Crippen LogP contribution in [0.3, 0.4) is 0 Å². The van der Waals surface area contributed by atoms with Gasteiger partial charge >= 0.3 is 0 Å². The van der Waals surface area contributed by atoms with Crippen molar-refractivity contribution in [3.8, 4) is 0 Å². The third kappa shape index (κ3) is 4.12. The van der Waals surface area contributed by atoms with Crippen molar-refractivity contribution < 1.29 is 0 Å². The average molecular weight is 165 g/mol. The topological polar surface area (TPSA) is 12.4 Å². The van der Waals surface area contributed by atoms with Crippen molar-refractivity contribution >= 4 is 6.72 Å². The minimum Gasteiger partial charge on any atom is -0.298 e. The molecule has 0 aromatic heterocycles. The van der Waals surface area contributed by atoms with E-state index in [1.165, 1.54) is 5.57 Å². The van der Waals surface area contributed by atoms with E-state index in [9.17, 15) is 0 Å². The minimum atomic E-state index is 0.355.